The van der Waals surface area contributed by atoms with E-state index < -0.39 is 4.92 Å². The molecule has 0 unspecified atom stereocenters. The first-order valence-corrected chi connectivity index (χ1v) is 6.26. The second-order valence-corrected chi connectivity index (χ2v) is 4.99. The quantitative estimate of drug-likeness (QED) is 0.481. The lowest BCUT2D eigenvalue weighted by molar-refractivity contribution is -0.385. The number of carbonyl (C=O) groups is 1. The van der Waals surface area contributed by atoms with Crippen LogP contribution in [0.15, 0.2) is 35.7 Å². The van der Waals surface area contributed by atoms with Gasteiger partial charge < -0.3 is 0 Å². The molecule has 2 rings (SSSR count). The number of carbonyl (C=O) groups excluding carboxylic acids is 1. The second-order valence-electron chi connectivity index (χ2n) is 3.96. The second kappa shape index (κ2) is 5.10. The number of ketones is 1. The number of benzene rings is 1. The molecule has 18 heavy (non-hydrogen) atoms. The number of hydrogen-bond acceptors (Lipinski definition) is 4. The van der Waals surface area contributed by atoms with Gasteiger partial charge in [0.1, 0.15) is 0 Å². The van der Waals surface area contributed by atoms with Crippen molar-refractivity contribution in [3.8, 4) is 0 Å². The van der Waals surface area contributed by atoms with Crippen molar-refractivity contribution in [2.45, 2.75) is 13.3 Å². The van der Waals surface area contributed by atoms with E-state index in [1.165, 1.54) is 17.4 Å². The van der Waals surface area contributed by atoms with Gasteiger partial charge in [-0.05, 0) is 30.0 Å². The maximum atomic E-state index is 12.1. The number of aryl methyl sites for hydroxylation is 1. The highest BCUT2D eigenvalue weighted by Crippen LogP contribution is 2.22. The number of Topliss-reactive ketones (excluding diaryl/α,β-unsaturated/α-hetero) is 1. The van der Waals surface area contributed by atoms with Crippen molar-refractivity contribution in [3.05, 3.63) is 61.8 Å². The SMILES string of the molecule is Cc1ccc([N+](=O)[O-])c(C(=O)Cc2cccs2)c1. The summed E-state index contributed by atoms with van der Waals surface area (Å²) in [5.74, 6) is -0.215. The van der Waals surface area contributed by atoms with Crippen molar-refractivity contribution in [2.75, 3.05) is 0 Å². The molecule has 1 aromatic carbocycles. The molecule has 0 aliphatic heterocycles. The molecule has 1 heterocycles. The molecule has 0 radical (unpaired) electrons. The molecule has 0 amide bonds. The van der Waals surface area contributed by atoms with Gasteiger partial charge in [0, 0.05) is 17.4 Å². The molecule has 0 aliphatic rings. The van der Waals surface area contributed by atoms with Gasteiger partial charge in [-0.2, -0.15) is 0 Å². The van der Waals surface area contributed by atoms with Crippen LogP contribution in [0.25, 0.3) is 0 Å². The Morgan fingerprint density at radius 3 is 2.78 bits per heavy atom. The van der Waals surface area contributed by atoms with Crippen LogP contribution in [-0.2, 0) is 6.42 Å². The number of thiophene rings is 1. The number of rotatable bonds is 4. The summed E-state index contributed by atoms with van der Waals surface area (Å²) >= 11 is 1.47. The van der Waals surface area contributed by atoms with Gasteiger partial charge in [-0.15, -0.1) is 11.3 Å². The van der Waals surface area contributed by atoms with Crippen LogP contribution >= 0.6 is 11.3 Å². The molecule has 92 valence electrons. The molecule has 4 nitrogen and oxygen atoms in total. The monoisotopic (exact) mass is 261 g/mol. The Balaban J connectivity index is 2.34. The van der Waals surface area contributed by atoms with Gasteiger partial charge in [0.25, 0.3) is 5.69 Å². The molecule has 0 bridgehead atoms. The average molecular weight is 261 g/mol. The van der Waals surface area contributed by atoms with Crippen LogP contribution in [0.2, 0.25) is 0 Å². The number of nitro groups is 1. The fourth-order valence-corrected chi connectivity index (χ4v) is 2.40. The maximum Gasteiger partial charge on any atom is 0.280 e. The smallest absolute Gasteiger partial charge is 0.280 e. The van der Waals surface area contributed by atoms with Gasteiger partial charge >= 0.3 is 0 Å². The lowest BCUT2D eigenvalue weighted by atomic mass is 10.0. The first-order chi connectivity index (χ1) is 8.58. The van der Waals surface area contributed by atoms with E-state index in [1.54, 1.807) is 12.1 Å². The Hall–Kier alpha value is -2.01. The predicted molar refractivity (Wildman–Crippen MR) is 70.2 cm³/mol. The van der Waals surface area contributed by atoms with E-state index >= 15 is 0 Å². The van der Waals surface area contributed by atoms with Crippen LogP contribution in [0.5, 0.6) is 0 Å². The van der Waals surface area contributed by atoms with Crippen LogP contribution in [0.1, 0.15) is 20.8 Å². The van der Waals surface area contributed by atoms with Crippen LogP contribution in [0.4, 0.5) is 5.69 Å². The van der Waals surface area contributed by atoms with E-state index in [4.69, 9.17) is 0 Å². The molecule has 0 aliphatic carbocycles. The summed E-state index contributed by atoms with van der Waals surface area (Å²) in [6, 6.07) is 8.31. The molecule has 0 spiro atoms. The zero-order valence-corrected chi connectivity index (χ0v) is 10.6. The largest absolute Gasteiger partial charge is 0.294 e. The molecule has 0 saturated heterocycles. The first kappa shape index (κ1) is 12.4. The minimum Gasteiger partial charge on any atom is -0.294 e. The summed E-state index contributed by atoms with van der Waals surface area (Å²) < 4.78 is 0. The lowest BCUT2D eigenvalue weighted by Gasteiger charge is -2.02. The van der Waals surface area contributed by atoms with Crippen molar-refractivity contribution in [3.63, 3.8) is 0 Å². The summed E-state index contributed by atoms with van der Waals surface area (Å²) in [4.78, 5) is 23.4. The Kier molecular flexibility index (Phi) is 3.53. The van der Waals surface area contributed by atoms with E-state index in [9.17, 15) is 14.9 Å². The zero-order valence-electron chi connectivity index (χ0n) is 9.75. The van der Waals surface area contributed by atoms with Crippen molar-refractivity contribution in [1.29, 1.82) is 0 Å². The zero-order chi connectivity index (χ0) is 13.1. The molecular formula is C13H11NO3S. The molecule has 0 saturated carbocycles. The van der Waals surface area contributed by atoms with Crippen molar-refractivity contribution < 1.29 is 9.72 Å². The van der Waals surface area contributed by atoms with Gasteiger partial charge in [-0.1, -0.05) is 12.1 Å². The summed E-state index contributed by atoms with van der Waals surface area (Å²) in [5, 5.41) is 12.8. The Labute approximate surface area is 108 Å². The molecule has 0 N–H and O–H groups in total. The third-order valence-corrected chi connectivity index (χ3v) is 3.44. The van der Waals surface area contributed by atoms with Gasteiger partial charge in [0.05, 0.1) is 10.5 Å². The maximum absolute atomic E-state index is 12.1. The minimum absolute atomic E-state index is 0.123. The summed E-state index contributed by atoms with van der Waals surface area (Å²) in [7, 11) is 0. The van der Waals surface area contributed by atoms with Crippen molar-refractivity contribution >= 4 is 22.8 Å². The summed E-state index contributed by atoms with van der Waals surface area (Å²) in [5.41, 5.74) is 0.908. The van der Waals surface area contributed by atoms with E-state index in [1.807, 2.05) is 24.4 Å². The molecular weight excluding hydrogens is 250 g/mol. The lowest BCUT2D eigenvalue weighted by Crippen LogP contribution is -2.06. The number of nitrogens with zero attached hydrogens (tertiary/aromatic N) is 1. The molecule has 5 heteroatoms. The highest BCUT2D eigenvalue weighted by atomic mass is 32.1. The van der Waals surface area contributed by atoms with Gasteiger partial charge in [-0.3, -0.25) is 14.9 Å². The standard InChI is InChI=1S/C13H11NO3S/c1-9-4-5-12(14(16)17)11(7-9)13(15)8-10-3-2-6-18-10/h2-7H,8H2,1H3. The van der Waals surface area contributed by atoms with E-state index in [2.05, 4.69) is 0 Å². The Morgan fingerprint density at radius 1 is 1.39 bits per heavy atom. The Bertz CT molecular complexity index is 590. The van der Waals surface area contributed by atoms with Crippen molar-refractivity contribution in [2.24, 2.45) is 0 Å². The molecule has 1 aromatic heterocycles. The highest BCUT2D eigenvalue weighted by molar-refractivity contribution is 7.10. The fourth-order valence-electron chi connectivity index (χ4n) is 1.70. The Morgan fingerprint density at radius 2 is 2.17 bits per heavy atom. The van der Waals surface area contributed by atoms with Gasteiger partial charge in [0.2, 0.25) is 0 Å². The van der Waals surface area contributed by atoms with Crippen LogP contribution < -0.4 is 0 Å². The molecule has 0 fully saturated rings. The number of nitro benzene ring substituents is 1. The summed E-state index contributed by atoms with van der Waals surface area (Å²) in [6.45, 7) is 1.81. The minimum atomic E-state index is -0.513. The summed E-state index contributed by atoms with van der Waals surface area (Å²) in [6.07, 6.45) is 0.210. The number of hydrogen-bond donors (Lipinski definition) is 0. The fraction of sp³-hybridized carbons (Fsp3) is 0.154. The van der Waals surface area contributed by atoms with Gasteiger partial charge in [0.15, 0.2) is 5.78 Å². The molecule has 0 atom stereocenters. The van der Waals surface area contributed by atoms with E-state index in [0.29, 0.717) is 0 Å². The van der Waals surface area contributed by atoms with Crippen LogP contribution in [-0.4, -0.2) is 10.7 Å². The third-order valence-electron chi connectivity index (χ3n) is 2.56. The van der Waals surface area contributed by atoms with Gasteiger partial charge in [-0.25, -0.2) is 0 Å². The molecule has 2 aromatic rings. The normalized spacial score (nSPS) is 10.3. The highest BCUT2D eigenvalue weighted by Gasteiger charge is 2.20. The van der Waals surface area contributed by atoms with Crippen LogP contribution in [0, 0.1) is 17.0 Å². The van der Waals surface area contributed by atoms with Crippen molar-refractivity contribution in [1.82, 2.24) is 0 Å². The van der Waals surface area contributed by atoms with E-state index in [-0.39, 0.29) is 23.5 Å². The van der Waals surface area contributed by atoms with E-state index in [0.717, 1.165) is 10.4 Å². The van der Waals surface area contributed by atoms with Crippen LogP contribution in [0.3, 0.4) is 0 Å². The third kappa shape index (κ3) is 2.62. The topological polar surface area (TPSA) is 60.2 Å². The predicted octanol–water partition coefficient (Wildman–Crippen LogP) is 3.39. The first-order valence-electron chi connectivity index (χ1n) is 5.38. The average Bonchev–Trinajstić information content (AvgIpc) is 2.81.